The fourth-order valence-corrected chi connectivity index (χ4v) is 3.51. The van der Waals surface area contributed by atoms with Gasteiger partial charge in [-0.15, -0.1) is 11.3 Å². The van der Waals surface area contributed by atoms with Crippen molar-refractivity contribution in [3.63, 3.8) is 0 Å². The van der Waals surface area contributed by atoms with Gasteiger partial charge in [0.15, 0.2) is 4.80 Å². The highest BCUT2D eigenvalue weighted by Crippen LogP contribution is 2.25. The van der Waals surface area contributed by atoms with E-state index in [0.717, 1.165) is 33.3 Å². The number of halogens is 2. The van der Waals surface area contributed by atoms with E-state index in [1.165, 1.54) is 0 Å². The van der Waals surface area contributed by atoms with Gasteiger partial charge in [0.25, 0.3) is 0 Å². The monoisotopic (exact) mass is 348 g/mol. The highest BCUT2D eigenvalue weighted by Gasteiger charge is 2.07. The second kappa shape index (κ2) is 6.69. The Hall–Kier alpha value is -1.55. The van der Waals surface area contributed by atoms with E-state index in [4.69, 9.17) is 28.2 Å². The van der Waals surface area contributed by atoms with Crippen LogP contribution in [0, 0.1) is 0 Å². The first-order valence-corrected chi connectivity index (χ1v) is 8.56. The average Bonchev–Trinajstić information content (AvgIpc) is 2.93. The predicted molar refractivity (Wildman–Crippen MR) is 95.1 cm³/mol. The van der Waals surface area contributed by atoms with E-state index in [9.17, 15) is 0 Å². The molecule has 0 bridgehead atoms. The first-order valence-electron chi connectivity index (χ1n) is 6.92. The van der Waals surface area contributed by atoms with Gasteiger partial charge in [-0.2, -0.15) is 0 Å². The third-order valence-corrected chi connectivity index (χ3v) is 4.76. The van der Waals surface area contributed by atoms with Crippen LogP contribution in [0.4, 0.5) is 5.69 Å². The Balaban J connectivity index is 2.12. The first kappa shape index (κ1) is 15.3. The van der Waals surface area contributed by atoms with Gasteiger partial charge in [-0.3, -0.25) is 0 Å². The normalized spacial score (nSPS) is 11.9. The Morgan fingerprint density at radius 1 is 1.05 bits per heavy atom. The van der Waals surface area contributed by atoms with Gasteiger partial charge in [0.2, 0.25) is 0 Å². The summed E-state index contributed by atoms with van der Waals surface area (Å²) in [6, 6.07) is 15.5. The Kier molecular flexibility index (Phi) is 4.67. The van der Waals surface area contributed by atoms with Crippen molar-refractivity contribution in [3.8, 4) is 11.3 Å². The molecule has 0 N–H and O–H groups in total. The summed E-state index contributed by atoms with van der Waals surface area (Å²) in [6.07, 6.45) is 0. The molecule has 0 aliphatic heterocycles. The quantitative estimate of drug-likeness (QED) is 0.571. The number of rotatable bonds is 3. The van der Waals surface area contributed by atoms with Crippen LogP contribution in [0.1, 0.15) is 6.92 Å². The molecule has 0 amide bonds. The molecule has 3 aromatic rings. The van der Waals surface area contributed by atoms with Crippen molar-refractivity contribution in [3.05, 3.63) is 68.8 Å². The van der Waals surface area contributed by atoms with Gasteiger partial charge in [0, 0.05) is 16.9 Å². The zero-order valence-electron chi connectivity index (χ0n) is 12.0. The topological polar surface area (TPSA) is 17.3 Å². The molecule has 0 aliphatic rings. The van der Waals surface area contributed by atoms with Crippen LogP contribution >= 0.6 is 34.5 Å². The van der Waals surface area contributed by atoms with Crippen LogP contribution in [0.2, 0.25) is 10.0 Å². The summed E-state index contributed by atoms with van der Waals surface area (Å²) >= 11 is 13.8. The minimum atomic E-state index is 0.659. The van der Waals surface area contributed by atoms with Crippen molar-refractivity contribution in [2.24, 2.45) is 4.99 Å². The average molecular weight is 349 g/mol. The van der Waals surface area contributed by atoms with Gasteiger partial charge >= 0.3 is 0 Å². The lowest BCUT2D eigenvalue weighted by molar-refractivity contribution is 0.745. The molecule has 0 aliphatic carbocycles. The molecular formula is C17H14Cl2N2S. The fourth-order valence-electron chi connectivity index (χ4n) is 2.22. The molecule has 0 spiro atoms. The number of para-hydroxylation sites is 1. The summed E-state index contributed by atoms with van der Waals surface area (Å²) in [6.45, 7) is 2.95. The smallest absolute Gasteiger partial charge is 0.190 e. The zero-order chi connectivity index (χ0) is 15.5. The number of benzene rings is 2. The summed E-state index contributed by atoms with van der Waals surface area (Å²) in [5.41, 5.74) is 3.05. The van der Waals surface area contributed by atoms with Gasteiger partial charge in [-0.25, -0.2) is 4.99 Å². The summed E-state index contributed by atoms with van der Waals surface area (Å²) in [5, 5.41) is 3.51. The van der Waals surface area contributed by atoms with Crippen molar-refractivity contribution in [2.75, 3.05) is 0 Å². The van der Waals surface area contributed by atoms with Gasteiger partial charge < -0.3 is 4.57 Å². The lowest BCUT2D eigenvalue weighted by atomic mass is 10.2. The molecule has 5 heteroatoms. The molecule has 3 rings (SSSR count). The van der Waals surface area contributed by atoms with Crippen molar-refractivity contribution in [2.45, 2.75) is 13.5 Å². The standard InChI is InChI=1S/C17H14Cl2N2S/c1-2-21-16(12-7-9-13(18)10-8-12)11-22-17(21)20-15-6-4-3-5-14(15)19/h3-11H,2H2,1H3. The summed E-state index contributed by atoms with van der Waals surface area (Å²) < 4.78 is 2.18. The van der Waals surface area contributed by atoms with Crippen molar-refractivity contribution in [1.29, 1.82) is 0 Å². The minimum Gasteiger partial charge on any atom is -0.317 e. The molecule has 1 aromatic heterocycles. The molecule has 22 heavy (non-hydrogen) atoms. The maximum Gasteiger partial charge on any atom is 0.190 e. The number of thiazole rings is 1. The molecule has 112 valence electrons. The van der Waals surface area contributed by atoms with Crippen LogP contribution in [0.15, 0.2) is 58.9 Å². The molecule has 0 saturated carbocycles. The Labute approximate surface area is 143 Å². The van der Waals surface area contributed by atoms with E-state index in [1.54, 1.807) is 11.3 Å². The summed E-state index contributed by atoms with van der Waals surface area (Å²) in [7, 11) is 0. The van der Waals surface area contributed by atoms with E-state index in [1.807, 2.05) is 48.5 Å². The molecule has 0 unspecified atom stereocenters. The minimum absolute atomic E-state index is 0.659. The van der Waals surface area contributed by atoms with E-state index in [-0.39, 0.29) is 0 Å². The Morgan fingerprint density at radius 2 is 1.77 bits per heavy atom. The molecule has 0 atom stereocenters. The summed E-state index contributed by atoms with van der Waals surface area (Å²) in [4.78, 5) is 5.63. The van der Waals surface area contributed by atoms with E-state index in [0.29, 0.717) is 5.02 Å². The molecule has 0 fully saturated rings. The molecule has 2 nitrogen and oxygen atoms in total. The number of hydrogen-bond donors (Lipinski definition) is 0. The van der Waals surface area contributed by atoms with Gasteiger partial charge in [-0.1, -0.05) is 47.5 Å². The third-order valence-electron chi connectivity index (χ3n) is 3.32. The van der Waals surface area contributed by atoms with Crippen LogP contribution in [-0.2, 0) is 6.54 Å². The molecule has 0 saturated heterocycles. The van der Waals surface area contributed by atoms with Gasteiger partial charge in [0.1, 0.15) is 0 Å². The van der Waals surface area contributed by atoms with E-state index in [2.05, 4.69) is 16.9 Å². The fraction of sp³-hybridized carbons (Fsp3) is 0.118. The lowest BCUT2D eigenvalue weighted by Gasteiger charge is -2.06. The van der Waals surface area contributed by atoms with E-state index < -0.39 is 0 Å². The van der Waals surface area contributed by atoms with Crippen molar-refractivity contribution >= 4 is 40.2 Å². The maximum atomic E-state index is 6.20. The van der Waals surface area contributed by atoms with Gasteiger partial charge in [0.05, 0.1) is 16.4 Å². The molecular weight excluding hydrogens is 335 g/mol. The second-order valence-electron chi connectivity index (χ2n) is 4.72. The van der Waals surface area contributed by atoms with Crippen LogP contribution in [0.3, 0.4) is 0 Å². The van der Waals surface area contributed by atoms with E-state index >= 15 is 0 Å². The van der Waals surface area contributed by atoms with Crippen LogP contribution in [-0.4, -0.2) is 4.57 Å². The van der Waals surface area contributed by atoms with Gasteiger partial charge in [-0.05, 0) is 36.8 Å². The van der Waals surface area contributed by atoms with Crippen LogP contribution < -0.4 is 4.80 Å². The number of nitrogens with zero attached hydrogens (tertiary/aromatic N) is 2. The first-order chi connectivity index (χ1) is 10.7. The summed E-state index contributed by atoms with van der Waals surface area (Å²) in [5.74, 6) is 0. The third kappa shape index (κ3) is 3.12. The van der Waals surface area contributed by atoms with Crippen LogP contribution in [0.25, 0.3) is 11.3 Å². The largest absolute Gasteiger partial charge is 0.317 e. The Bertz CT molecular complexity index is 848. The SMILES string of the molecule is CCn1c(-c2ccc(Cl)cc2)csc1=Nc1ccccc1Cl. The molecule has 0 radical (unpaired) electrons. The highest BCUT2D eigenvalue weighted by molar-refractivity contribution is 7.07. The number of hydrogen-bond acceptors (Lipinski definition) is 2. The van der Waals surface area contributed by atoms with Crippen molar-refractivity contribution in [1.82, 2.24) is 4.57 Å². The second-order valence-corrected chi connectivity index (χ2v) is 6.40. The molecule has 1 heterocycles. The zero-order valence-corrected chi connectivity index (χ0v) is 14.3. The Morgan fingerprint density at radius 3 is 2.45 bits per heavy atom. The van der Waals surface area contributed by atoms with Crippen molar-refractivity contribution < 1.29 is 0 Å². The maximum absolute atomic E-state index is 6.20. The predicted octanol–water partition coefficient (Wildman–Crippen LogP) is 5.78. The molecule has 2 aromatic carbocycles. The van der Waals surface area contributed by atoms with Crippen LogP contribution in [0.5, 0.6) is 0 Å². The number of aromatic nitrogens is 1. The lowest BCUT2D eigenvalue weighted by Crippen LogP contribution is -2.14. The highest BCUT2D eigenvalue weighted by atomic mass is 35.5.